The SMILES string of the molecule is Cc1cccc(NCN2C(=O)[C@H]3[C@@H]4C=C[C@H]([C@H]5C[C@H]45)[C@@H]3C2=O)c1C. The van der Waals surface area contributed by atoms with Crippen LogP contribution in [0, 0.1) is 49.4 Å². The van der Waals surface area contributed by atoms with Crippen molar-refractivity contribution in [2.45, 2.75) is 20.3 Å². The van der Waals surface area contributed by atoms with E-state index in [1.807, 2.05) is 12.1 Å². The van der Waals surface area contributed by atoms with Crippen molar-refractivity contribution in [2.75, 3.05) is 12.0 Å². The molecular formula is C20H22N2O2. The molecule has 4 aliphatic carbocycles. The van der Waals surface area contributed by atoms with Gasteiger partial charge in [-0.25, -0.2) is 0 Å². The molecular weight excluding hydrogens is 300 g/mol. The van der Waals surface area contributed by atoms with Crippen molar-refractivity contribution >= 4 is 17.5 Å². The number of benzene rings is 1. The minimum Gasteiger partial charge on any atom is -0.367 e. The van der Waals surface area contributed by atoms with E-state index in [4.69, 9.17) is 0 Å². The molecule has 2 saturated carbocycles. The Morgan fingerprint density at radius 3 is 2.29 bits per heavy atom. The van der Waals surface area contributed by atoms with Gasteiger partial charge in [0.1, 0.15) is 0 Å². The maximum Gasteiger partial charge on any atom is 0.235 e. The van der Waals surface area contributed by atoms with Crippen LogP contribution in [0.2, 0.25) is 0 Å². The average Bonchev–Trinajstić information content (AvgIpc) is 3.35. The number of hydrogen-bond acceptors (Lipinski definition) is 3. The van der Waals surface area contributed by atoms with Gasteiger partial charge in [-0.1, -0.05) is 24.3 Å². The van der Waals surface area contributed by atoms with Crippen molar-refractivity contribution in [3.05, 3.63) is 41.5 Å². The summed E-state index contributed by atoms with van der Waals surface area (Å²) in [4.78, 5) is 27.3. The fraction of sp³-hybridized carbons (Fsp3) is 0.500. The summed E-state index contributed by atoms with van der Waals surface area (Å²) in [5, 5.41) is 3.30. The van der Waals surface area contributed by atoms with Crippen molar-refractivity contribution in [1.29, 1.82) is 0 Å². The summed E-state index contributed by atoms with van der Waals surface area (Å²) in [6.07, 6.45) is 5.64. The van der Waals surface area contributed by atoms with Crippen molar-refractivity contribution in [1.82, 2.24) is 4.90 Å². The molecule has 5 aliphatic rings. The van der Waals surface area contributed by atoms with Crippen LogP contribution in [-0.4, -0.2) is 23.4 Å². The van der Waals surface area contributed by atoms with Crippen LogP contribution in [-0.2, 0) is 9.59 Å². The summed E-state index contributed by atoms with van der Waals surface area (Å²) in [6.45, 7) is 4.41. The Kier molecular flexibility index (Phi) is 2.80. The molecule has 2 bridgehead atoms. The van der Waals surface area contributed by atoms with Crippen molar-refractivity contribution in [3.8, 4) is 0 Å². The van der Waals surface area contributed by atoms with Crippen LogP contribution >= 0.6 is 0 Å². The lowest BCUT2D eigenvalue weighted by Crippen LogP contribution is -2.40. The number of imide groups is 1. The number of nitrogens with zero attached hydrogens (tertiary/aromatic N) is 1. The fourth-order valence-electron chi connectivity index (χ4n) is 5.28. The van der Waals surface area contributed by atoms with Gasteiger partial charge in [-0.15, -0.1) is 0 Å². The van der Waals surface area contributed by atoms with Gasteiger partial charge in [0.2, 0.25) is 11.8 Å². The van der Waals surface area contributed by atoms with Crippen LogP contribution in [0.15, 0.2) is 30.4 Å². The number of allylic oxidation sites excluding steroid dienone is 2. The first-order chi connectivity index (χ1) is 11.6. The Morgan fingerprint density at radius 1 is 1.04 bits per heavy atom. The van der Waals surface area contributed by atoms with E-state index in [-0.39, 0.29) is 30.3 Å². The molecule has 1 heterocycles. The summed E-state index contributed by atoms with van der Waals surface area (Å²) < 4.78 is 0. The van der Waals surface area contributed by atoms with Gasteiger partial charge in [0.15, 0.2) is 0 Å². The lowest BCUT2D eigenvalue weighted by Gasteiger charge is -2.37. The van der Waals surface area contributed by atoms with Gasteiger partial charge in [0.05, 0.1) is 18.5 Å². The van der Waals surface area contributed by atoms with Gasteiger partial charge in [0, 0.05) is 5.69 Å². The Labute approximate surface area is 141 Å². The summed E-state index contributed by atoms with van der Waals surface area (Å²) in [5.74, 6) is 1.78. The van der Waals surface area contributed by atoms with Crippen LogP contribution in [0.5, 0.6) is 0 Å². The van der Waals surface area contributed by atoms with Crippen LogP contribution in [0.4, 0.5) is 5.69 Å². The van der Waals surface area contributed by atoms with Gasteiger partial charge >= 0.3 is 0 Å². The molecule has 6 rings (SSSR count). The number of amides is 2. The Balaban J connectivity index is 1.38. The predicted molar refractivity (Wildman–Crippen MR) is 91.0 cm³/mol. The number of likely N-dealkylation sites (tertiary alicyclic amines) is 1. The highest BCUT2D eigenvalue weighted by molar-refractivity contribution is 6.06. The number of carbonyl (C=O) groups is 2. The molecule has 1 aromatic carbocycles. The van der Waals surface area contributed by atoms with E-state index in [2.05, 4.69) is 37.4 Å². The van der Waals surface area contributed by atoms with Gasteiger partial charge in [0.25, 0.3) is 0 Å². The molecule has 24 heavy (non-hydrogen) atoms. The zero-order chi connectivity index (χ0) is 16.6. The quantitative estimate of drug-likeness (QED) is 0.688. The molecule has 1 saturated heterocycles. The number of nitrogens with one attached hydrogen (secondary N) is 1. The van der Waals surface area contributed by atoms with Crippen LogP contribution in [0.1, 0.15) is 17.5 Å². The molecule has 4 heteroatoms. The Morgan fingerprint density at radius 2 is 1.67 bits per heavy atom. The number of hydrogen-bond donors (Lipinski definition) is 1. The van der Waals surface area contributed by atoms with E-state index >= 15 is 0 Å². The minimum absolute atomic E-state index is 0.0347. The first-order valence-corrected chi connectivity index (χ1v) is 8.91. The van der Waals surface area contributed by atoms with E-state index in [0.29, 0.717) is 23.7 Å². The van der Waals surface area contributed by atoms with Gasteiger partial charge in [-0.2, -0.15) is 0 Å². The largest absolute Gasteiger partial charge is 0.367 e. The molecule has 0 spiro atoms. The molecule has 3 fully saturated rings. The third-order valence-electron chi connectivity index (χ3n) is 6.79. The van der Waals surface area contributed by atoms with Crippen molar-refractivity contribution < 1.29 is 9.59 Å². The monoisotopic (exact) mass is 322 g/mol. The van der Waals surface area contributed by atoms with Crippen molar-refractivity contribution in [2.24, 2.45) is 35.5 Å². The Bertz CT molecular complexity index is 748. The second-order valence-corrected chi connectivity index (χ2v) is 7.84. The maximum atomic E-state index is 12.9. The highest BCUT2D eigenvalue weighted by Gasteiger charge is 2.66. The van der Waals surface area contributed by atoms with E-state index in [1.165, 1.54) is 16.9 Å². The number of aryl methyl sites for hydroxylation is 1. The van der Waals surface area contributed by atoms with E-state index in [1.54, 1.807) is 0 Å². The summed E-state index contributed by atoms with van der Waals surface area (Å²) in [5.41, 5.74) is 3.36. The summed E-state index contributed by atoms with van der Waals surface area (Å²) >= 11 is 0. The highest BCUT2D eigenvalue weighted by Crippen LogP contribution is 2.65. The molecule has 1 aliphatic heterocycles. The first kappa shape index (κ1) is 14.3. The summed E-state index contributed by atoms with van der Waals surface area (Å²) in [7, 11) is 0. The molecule has 1 aromatic rings. The van der Waals surface area contributed by atoms with E-state index in [9.17, 15) is 9.59 Å². The second kappa shape index (κ2) is 4.71. The molecule has 4 nitrogen and oxygen atoms in total. The normalized spacial score (nSPS) is 38.3. The van der Waals surface area contributed by atoms with E-state index in [0.717, 1.165) is 11.3 Å². The number of carbonyl (C=O) groups excluding carboxylic acids is 2. The third kappa shape index (κ3) is 1.74. The number of rotatable bonds is 3. The average molecular weight is 322 g/mol. The number of anilines is 1. The predicted octanol–water partition coefficient (Wildman–Crippen LogP) is 2.73. The topological polar surface area (TPSA) is 49.4 Å². The first-order valence-electron chi connectivity index (χ1n) is 8.91. The standard InChI is InChI=1S/C20H22N2O2/c1-10-4-3-5-16(11(10)2)21-9-22-19(23)17-12-6-7-13(15-8-14(12)15)18(17)20(22)24/h3-7,12-15,17-18,21H,8-9H2,1-2H3/t12-,13-,14-,15-,17+,18+/m1/s1. The molecule has 0 radical (unpaired) electrons. The zero-order valence-corrected chi connectivity index (χ0v) is 14.0. The third-order valence-corrected chi connectivity index (χ3v) is 6.79. The molecule has 124 valence electrons. The zero-order valence-electron chi connectivity index (χ0n) is 14.0. The molecule has 0 aromatic heterocycles. The van der Waals surface area contributed by atoms with E-state index < -0.39 is 0 Å². The molecule has 2 amide bonds. The highest BCUT2D eigenvalue weighted by atomic mass is 16.2. The van der Waals surface area contributed by atoms with Crippen LogP contribution in [0.3, 0.4) is 0 Å². The van der Waals surface area contributed by atoms with Gasteiger partial charge in [-0.3, -0.25) is 14.5 Å². The lowest BCUT2D eigenvalue weighted by molar-refractivity contribution is -0.139. The van der Waals surface area contributed by atoms with Crippen LogP contribution < -0.4 is 5.32 Å². The van der Waals surface area contributed by atoms with Gasteiger partial charge in [-0.05, 0) is 61.1 Å². The Hall–Kier alpha value is -2.10. The smallest absolute Gasteiger partial charge is 0.235 e. The van der Waals surface area contributed by atoms with Gasteiger partial charge < -0.3 is 5.32 Å². The molecule has 1 N–H and O–H groups in total. The molecule has 0 unspecified atom stereocenters. The molecule has 6 atom stereocenters. The minimum atomic E-state index is -0.100. The van der Waals surface area contributed by atoms with Crippen LogP contribution in [0.25, 0.3) is 0 Å². The summed E-state index contributed by atoms with van der Waals surface area (Å²) in [6, 6.07) is 6.06. The fourth-order valence-corrected chi connectivity index (χ4v) is 5.28. The van der Waals surface area contributed by atoms with Crippen molar-refractivity contribution in [3.63, 3.8) is 0 Å². The maximum absolute atomic E-state index is 12.9. The lowest BCUT2D eigenvalue weighted by atomic mass is 9.63. The second-order valence-electron chi connectivity index (χ2n) is 7.84.